The number of nitrogens with zero attached hydrogens (tertiary/aromatic N) is 1. The van der Waals surface area contributed by atoms with Crippen LogP contribution in [0.5, 0.6) is 0 Å². The van der Waals surface area contributed by atoms with Crippen molar-refractivity contribution in [3.63, 3.8) is 0 Å². The van der Waals surface area contributed by atoms with Gasteiger partial charge < -0.3 is 14.7 Å². The van der Waals surface area contributed by atoms with Crippen LogP contribution in [0.1, 0.15) is 23.6 Å². The minimum absolute atomic E-state index is 0.117. The highest BCUT2D eigenvalue weighted by molar-refractivity contribution is 9.10. The topological polar surface area (TPSA) is 66.8 Å². The normalized spacial score (nSPS) is 18.9. The van der Waals surface area contributed by atoms with E-state index in [0.717, 1.165) is 10.0 Å². The average molecular weight is 430 g/mol. The summed E-state index contributed by atoms with van der Waals surface area (Å²) >= 11 is 3.40. The Labute approximate surface area is 166 Å². The Morgan fingerprint density at radius 1 is 1.11 bits per heavy atom. The second-order valence-corrected chi connectivity index (χ2v) is 7.17. The van der Waals surface area contributed by atoms with Crippen molar-refractivity contribution in [3.05, 3.63) is 75.8 Å². The molecule has 1 N–H and O–H groups in total. The number of hydrogen-bond acceptors (Lipinski definition) is 4. The van der Waals surface area contributed by atoms with E-state index in [1.165, 1.54) is 4.90 Å². The Kier molecular flexibility index (Phi) is 6.08. The number of carbonyl (C=O) groups is 2. The highest BCUT2D eigenvalue weighted by Gasteiger charge is 2.45. The largest absolute Gasteiger partial charge is 0.507 e. The SMILES string of the molecule is COCCCN1C(=O)C(=O)C(=C(O)c2ccccc2)[C@@H]1c1ccc(Br)cc1. The van der Waals surface area contributed by atoms with E-state index in [4.69, 9.17) is 4.74 Å². The van der Waals surface area contributed by atoms with Gasteiger partial charge in [0.25, 0.3) is 11.7 Å². The quantitative estimate of drug-likeness (QED) is 0.327. The van der Waals surface area contributed by atoms with E-state index in [1.807, 2.05) is 30.3 Å². The Bertz CT molecular complexity index is 862. The van der Waals surface area contributed by atoms with Gasteiger partial charge >= 0.3 is 0 Å². The lowest BCUT2D eigenvalue weighted by Gasteiger charge is -2.25. The molecule has 0 radical (unpaired) electrons. The molecular formula is C21H20BrNO4. The zero-order valence-corrected chi connectivity index (χ0v) is 16.5. The van der Waals surface area contributed by atoms with Gasteiger partial charge in [-0.3, -0.25) is 9.59 Å². The summed E-state index contributed by atoms with van der Waals surface area (Å²) in [5.74, 6) is -1.42. The van der Waals surface area contributed by atoms with E-state index in [-0.39, 0.29) is 11.3 Å². The molecule has 0 aliphatic carbocycles. The number of Topliss-reactive ketones (excluding diaryl/α,β-unsaturated/α-hetero) is 1. The lowest BCUT2D eigenvalue weighted by atomic mass is 9.95. The number of rotatable bonds is 6. The van der Waals surface area contributed by atoms with Crippen LogP contribution in [-0.4, -0.2) is 42.0 Å². The maximum absolute atomic E-state index is 12.8. The number of halogens is 1. The van der Waals surface area contributed by atoms with Crippen LogP contribution in [0.15, 0.2) is 64.6 Å². The molecule has 27 heavy (non-hydrogen) atoms. The van der Waals surface area contributed by atoms with Crippen molar-refractivity contribution in [3.8, 4) is 0 Å². The van der Waals surface area contributed by atoms with Gasteiger partial charge in [-0.05, 0) is 24.1 Å². The van der Waals surface area contributed by atoms with Gasteiger partial charge in [-0.25, -0.2) is 0 Å². The van der Waals surface area contributed by atoms with Crippen molar-refractivity contribution in [2.75, 3.05) is 20.3 Å². The third kappa shape index (κ3) is 3.96. The summed E-state index contributed by atoms with van der Waals surface area (Å²) in [7, 11) is 1.59. The highest BCUT2D eigenvalue weighted by atomic mass is 79.9. The number of amides is 1. The number of ether oxygens (including phenoxy) is 1. The van der Waals surface area contributed by atoms with Crippen molar-refractivity contribution in [2.24, 2.45) is 0 Å². The number of aliphatic hydroxyl groups excluding tert-OH is 1. The van der Waals surface area contributed by atoms with Crippen LogP contribution in [0.3, 0.4) is 0 Å². The monoisotopic (exact) mass is 429 g/mol. The molecular weight excluding hydrogens is 410 g/mol. The van der Waals surface area contributed by atoms with Crippen LogP contribution in [0.25, 0.3) is 5.76 Å². The zero-order chi connectivity index (χ0) is 19.4. The molecule has 0 spiro atoms. The molecule has 1 aliphatic heterocycles. The lowest BCUT2D eigenvalue weighted by molar-refractivity contribution is -0.140. The first-order chi connectivity index (χ1) is 13.0. The van der Waals surface area contributed by atoms with Gasteiger partial charge in [0.1, 0.15) is 5.76 Å². The molecule has 5 nitrogen and oxygen atoms in total. The lowest BCUT2D eigenvalue weighted by Crippen LogP contribution is -2.31. The Hall–Kier alpha value is -2.44. The third-order valence-electron chi connectivity index (χ3n) is 4.52. The van der Waals surface area contributed by atoms with Crippen LogP contribution < -0.4 is 0 Å². The number of methoxy groups -OCH3 is 1. The van der Waals surface area contributed by atoms with E-state index >= 15 is 0 Å². The van der Waals surface area contributed by atoms with Gasteiger partial charge in [0.2, 0.25) is 0 Å². The smallest absolute Gasteiger partial charge is 0.295 e. The minimum atomic E-state index is -0.665. The number of likely N-dealkylation sites (tertiary alicyclic amines) is 1. The van der Waals surface area contributed by atoms with Gasteiger partial charge in [0.15, 0.2) is 0 Å². The maximum atomic E-state index is 12.8. The fraction of sp³-hybridized carbons (Fsp3) is 0.238. The Morgan fingerprint density at radius 2 is 1.78 bits per heavy atom. The van der Waals surface area contributed by atoms with Crippen LogP contribution in [0.2, 0.25) is 0 Å². The molecule has 0 bridgehead atoms. The maximum Gasteiger partial charge on any atom is 0.295 e. The predicted octanol–water partition coefficient (Wildman–Crippen LogP) is 3.91. The fourth-order valence-corrected chi connectivity index (χ4v) is 3.50. The van der Waals surface area contributed by atoms with E-state index < -0.39 is 17.7 Å². The molecule has 2 aromatic carbocycles. The summed E-state index contributed by atoms with van der Waals surface area (Å²) in [6.45, 7) is 0.847. The summed E-state index contributed by atoms with van der Waals surface area (Å²) in [5.41, 5.74) is 1.40. The zero-order valence-electron chi connectivity index (χ0n) is 14.9. The van der Waals surface area contributed by atoms with Crippen LogP contribution in [0.4, 0.5) is 0 Å². The molecule has 1 heterocycles. The molecule has 140 valence electrons. The molecule has 6 heteroatoms. The van der Waals surface area contributed by atoms with E-state index in [1.54, 1.807) is 31.4 Å². The van der Waals surface area contributed by atoms with Gasteiger partial charge in [-0.15, -0.1) is 0 Å². The van der Waals surface area contributed by atoms with Gasteiger partial charge in [0, 0.05) is 30.3 Å². The highest BCUT2D eigenvalue weighted by Crippen LogP contribution is 2.39. The van der Waals surface area contributed by atoms with Crippen LogP contribution in [-0.2, 0) is 14.3 Å². The van der Waals surface area contributed by atoms with Crippen molar-refractivity contribution < 1.29 is 19.4 Å². The number of aliphatic hydroxyl groups is 1. The molecule has 0 aromatic heterocycles. The fourth-order valence-electron chi connectivity index (χ4n) is 3.23. The summed E-state index contributed by atoms with van der Waals surface area (Å²) in [5, 5.41) is 10.8. The Balaban J connectivity index is 2.10. The number of benzene rings is 2. The molecule has 0 unspecified atom stereocenters. The second kappa shape index (κ2) is 8.50. The van der Waals surface area contributed by atoms with E-state index in [0.29, 0.717) is 25.1 Å². The van der Waals surface area contributed by atoms with Gasteiger partial charge in [0.05, 0.1) is 11.6 Å². The summed E-state index contributed by atoms with van der Waals surface area (Å²) < 4.78 is 5.97. The first-order valence-electron chi connectivity index (χ1n) is 8.63. The first-order valence-corrected chi connectivity index (χ1v) is 9.42. The number of hydrogen-bond donors (Lipinski definition) is 1. The van der Waals surface area contributed by atoms with Crippen molar-refractivity contribution in [1.82, 2.24) is 4.90 Å². The second-order valence-electron chi connectivity index (χ2n) is 6.26. The standard InChI is InChI=1S/C21H20BrNO4/c1-27-13-5-12-23-18(14-8-10-16(22)11-9-14)17(20(25)21(23)26)19(24)15-6-3-2-4-7-15/h2-4,6-11,18,24H,5,12-13H2,1H3/t18-/m0/s1. The first kappa shape index (κ1) is 19.3. The third-order valence-corrected chi connectivity index (χ3v) is 5.05. The van der Waals surface area contributed by atoms with E-state index in [2.05, 4.69) is 15.9 Å². The van der Waals surface area contributed by atoms with Crippen LogP contribution in [0, 0.1) is 0 Å². The molecule has 1 atom stereocenters. The van der Waals surface area contributed by atoms with E-state index in [9.17, 15) is 14.7 Å². The summed E-state index contributed by atoms with van der Waals surface area (Å²) in [4.78, 5) is 27.0. The van der Waals surface area contributed by atoms with Crippen molar-refractivity contribution >= 4 is 33.4 Å². The summed E-state index contributed by atoms with van der Waals surface area (Å²) in [6, 6.07) is 15.6. The molecule has 0 saturated carbocycles. The van der Waals surface area contributed by atoms with Crippen molar-refractivity contribution in [1.29, 1.82) is 0 Å². The molecule has 2 aromatic rings. The summed E-state index contributed by atoms with van der Waals surface area (Å²) in [6.07, 6.45) is 0.599. The Morgan fingerprint density at radius 3 is 2.41 bits per heavy atom. The predicted molar refractivity (Wildman–Crippen MR) is 106 cm³/mol. The van der Waals surface area contributed by atoms with Crippen molar-refractivity contribution in [2.45, 2.75) is 12.5 Å². The minimum Gasteiger partial charge on any atom is -0.507 e. The van der Waals surface area contributed by atoms with Gasteiger partial charge in [-0.1, -0.05) is 58.4 Å². The molecule has 3 rings (SSSR count). The molecule has 1 amide bonds. The molecule has 1 aliphatic rings. The number of carbonyl (C=O) groups excluding carboxylic acids is 2. The molecule has 1 fully saturated rings. The van der Waals surface area contributed by atoms with Gasteiger partial charge in [-0.2, -0.15) is 0 Å². The molecule has 1 saturated heterocycles. The average Bonchev–Trinajstić information content (AvgIpc) is 2.94. The van der Waals surface area contributed by atoms with Crippen LogP contribution >= 0.6 is 15.9 Å². The number of ketones is 1.